The summed E-state index contributed by atoms with van der Waals surface area (Å²) < 4.78 is 0. The predicted molar refractivity (Wildman–Crippen MR) is 58.8 cm³/mol. The van der Waals surface area contributed by atoms with Crippen LogP contribution in [-0.2, 0) is 0 Å². The summed E-state index contributed by atoms with van der Waals surface area (Å²) in [7, 11) is 0. The fraction of sp³-hybridized carbons (Fsp3) is 0.500. The molecular formula is C12H20O. The van der Waals surface area contributed by atoms with Gasteiger partial charge < -0.3 is 5.11 Å². The van der Waals surface area contributed by atoms with Crippen molar-refractivity contribution in [1.82, 2.24) is 0 Å². The number of unbranched alkanes of at least 4 members (excludes halogenated alkanes) is 1. The molecule has 0 heterocycles. The molecule has 0 aromatic carbocycles. The van der Waals surface area contributed by atoms with Crippen LogP contribution in [0.1, 0.15) is 40.0 Å². The number of aliphatic hydroxyl groups is 1. The first-order valence-electron chi connectivity index (χ1n) is 4.81. The minimum Gasteiger partial charge on any atom is -0.508 e. The van der Waals surface area contributed by atoms with Gasteiger partial charge in [-0.3, -0.25) is 0 Å². The second kappa shape index (κ2) is 6.53. The molecule has 0 amide bonds. The third kappa shape index (κ3) is 5.29. The smallest absolute Gasteiger partial charge is 0.115 e. The molecule has 0 saturated carbocycles. The fourth-order valence-corrected chi connectivity index (χ4v) is 1.07. The summed E-state index contributed by atoms with van der Waals surface area (Å²) in [6, 6.07) is 0. The SMILES string of the molecule is C=C/C(O)=C\C(CCCC)=C(C)C. The third-order valence-electron chi connectivity index (χ3n) is 1.97. The molecule has 0 aliphatic carbocycles. The molecule has 0 aromatic heterocycles. The van der Waals surface area contributed by atoms with Gasteiger partial charge >= 0.3 is 0 Å². The Bertz CT molecular complexity index is 217. The first-order valence-corrected chi connectivity index (χ1v) is 4.81. The van der Waals surface area contributed by atoms with Crippen molar-refractivity contribution in [2.45, 2.75) is 40.0 Å². The largest absolute Gasteiger partial charge is 0.508 e. The summed E-state index contributed by atoms with van der Waals surface area (Å²) in [5, 5.41) is 9.29. The lowest BCUT2D eigenvalue weighted by Crippen LogP contribution is -1.86. The maximum atomic E-state index is 9.29. The summed E-state index contributed by atoms with van der Waals surface area (Å²) >= 11 is 0. The molecular weight excluding hydrogens is 160 g/mol. The number of aliphatic hydroxyl groups excluding tert-OH is 1. The molecule has 0 aromatic rings. The van der Waals surface area contributed by atoms with E-state index in [1.54, 1.807) is 6.08 Å². The second-order valence-corrected chi connectivity index (χ2v) is 3.40. The van der Waals surface area contributed by atoms with Crippen molar-refractivity contribution in [2.75, 3.05) is 0 Å². The average Bonchev–Trinajstić information content (AvgIpc) is 2.11. The Balaban J connectivity index is 4.46. The quantitative estimate of drug-likeness (QED) is 0.498. The summed E-state index contributed by atoms with van der Waals surface area (Å²) in [5.74, 6) is 0.257. The van der Waals surface area contributed by atoms with E-state index < -0.39 is 0 Å². The summed E-state index contributed by atoms with van der Waals surface area (Å²) in [6.07, 6.45) is 6.66. The Morgan fingerprint density at radius 2 is 2.00 bits per heavy atom. The lowest BCUT2D eigenvalue weighted by Gasteiger charge is -2.04. The maximum Gasteiger partial charge on any atom is 0.115 e. The van der Waals surface area contributed by atoms with Crippen molar-refractivity contribution in [3.63, 3.8) is 0 Å². The minimum absolute atomic E-state index is 0.257. The average molecular weight is 180 g/mol. The van der Waals surface area contributed by atoms with Crippen molar-refractivity contribution in [1.29, 1.82) is 0 Å². The lowest BCUT2D eigenvalue weighted by atomic mass is 10.0. The van der Waals surface area contributed by atoms with E-state index in [-0.39, 0.29) is 5.76 Å². The summed E-state index contributed by atoms with van der Waals surface area (Å²) in [4.78, 5) is 0. The van der Waals surface area contributed by atoms with Crippen LogP contribution in [0, 0.1) is 0 Å². The molecule has 0 atom stereocenters. The van der Waals surface area contributed by atoms with Crippen molar-refractivity contribution in [2.24, 2.45) is 0 Å². The Labute approximate surface area is 81.5 Å². The molecule has 0 saturated heterocycles. The predicted octanol–water partition coefficient (Wildman–Crippen LogP) is 4.14. The second-order valence-electron chi connectivity index (χ2n) is 3.40. The molecule has 1 heteroatoms. The number of rotatable bonds is 5. The molecule has 0 spiro atoms. The number of hydrogen-bond donors (Lipinski definition) is 1. The molecule has 13 heavy (non-hydrogen) atoms. The Hall–Kier alpha value is -0.980. The fourth-order valence-electron chi connectivity index (χ4n) is 1.07. The van der Waals surface area contributed by atoms with Gasteiger partial charge in [-0.15, -0.1) is 0 Å². The van der Waals surface area contributed by atoms with E-state index in [1.807, 2.05) is 0 Å². The summed E-state index contributed by atoms with van der Waals surface area (Å²) in [5.41, 5.74) is 2.49. The van der Waals surface area contributed by atoms with Crippen LogP contribution in [0.4, 0.5) is 0 Å². The highest BCUT2D eigenvalue weighted by atomic mass is 16.3. The van der Waals surface area contributed by atoms with Crippen molar-refractivity contribution < 1.29 is 5.11 Å². The van der Waals surface area contributed by atoms with Gasteiger partial charge in [0.25, 0.3) is 0 Å². The molecule has 0 bridgehead atoms. The van der Waals surface area contributed by atoms with E-state index in [0.717, 1.165) is 6.42 Å². The number of allylic oxidation sites excluding steroid dienone is 4. The highest BCUT2D eigenvalue weighted by Crippen LogP contribution is 2.15. The van der Waals surface area contributed by atoms with Crippen LogP contribution in [-0.4, -0.2) is 5.11 Å². The van der Waals surface area contributed by atoms with E-state index >= 15 is 0 Å². The van der Waals surface area contributed by atoms with Crippen LogP contribution in [0.15, 0.2) is 35.6 Å². The first-order chi connectivity index (χ1) is 6.11. The van der Waals surface area contributed by atoms with Crippen molar-refractivity contribution in [3.05, 3.63) is 35.6 Å². The van der Waals surface area contributed by atoms with Gasteiger partial charge in [-0.25, -0.2) is 0 Å². The van der Waals surface area contributed by atoms with Crippen LogP contribution in [0.25, 0.3) is 0 Å². The summed E-state index contributed by atoms with van der Waals surface area (Å²) in [6.45, 7) is 9.81. The molecule has 0 rings (SSSR count). The Kier molecular flexibility index (Phi) is 6.03. The van der Waals surface area contributed by atoms with Gasteiger partial charge in [0.2, 0.25) is 0 Å². The van der Waals surface area contributed by atoms with E-state index in [0.29, 0.717) is 0 Å². The van der Waals surface area contributed by atoms with Crippen molar-refractivity contribution >= 4 is 0 Å². The monoisotopic (exact) mass is 180 g/mol. The molecule has 0 fully saturated rings. The molecule has 0 radical (unpaired) electrons. The van der Waals surface area contributed by atoms with Crippen LogP contribution in [0.5, 0.6) is 0 Å². The maximum absolute atomic E-state index is 9.29. The van der Waals surface area contributed by atoms with Crippen molar-refractivity contribution in [3.8, 4) is 0 Å². The van der Waals surface area contributed by atoms with Crippen LogP contribution in [0.2, 0.25) is 0 Å². The normalized spacial score (nSPS) is 11.2. The molecule has 0 aliphatic heterocycles. The molecule has 0 aliphatic rings. The van der Waals surface area contributed by atoms with E-state index in [9.17, 15) is 5.11 Å². The molecule has 0 unspecified atom stereocenters. The van der Waals surface area contributed by atoms with Gasteiger partial charge in [-0.05, 0) is 44.4 Å². The van der Waals surface area contributed by atoms with Gasteiger partial charge in [-0.2, -0.15) is 0 Å². The van der Waals surface area contributed by atoms with Crippen LogP contribution < -0.4 is 0 Å². The van der Waals surface area contributed by atoms with Gasteiger partial charge in [0.05, 0.1) is 0 Å². The Morgan fingerprint density at radius 3 is 2.38 bits per heavy atom. The van der Waals surface area contributed by atoms with Crippen LogP contribution >= 0.6 is 0 Å². The van der Waals surface area contributed by atoms with E-state index in [2.05, 4.69) is 27.4 Å². The van der Waals surface area contributed by atoms with E-state index in [4.69, 9.17) is 0 Å². The molecule has 74 valence electrons. The number of hydrogen-bond acceptors (Lipinski definition) is 1. The lowest BCUT2D eigenvalue weighted by molar-refractivity contribution is 0.432. The standard InChI is InChI=1S/C12H20O/c1-5-7-8-11(10(3)4)9-12(13)6-2/h6,9,13H,2,5,7-8H2,1,3-4H3/b12-9+. The zero-order chi connectivity index (χ0) is 10.3. The van der Waals surface area contributed by atoms with Gasteiger partial charge in [0, 0.05) is 0 Å². The van der Waals surface area contributed by atoms with Gasteiger partial charge in [0.1, 0.15) is 5.76 Å². The van der Waals surface area contributed by atoms with Crippen LogP contribution in [0.3, 0.4) is 0 Å². The zero-order valence-electron chi connectivity index (χ0n) is 8.93. The highest BCUT2D eigenvalue weighted by Gasteiger charge is 1.97. The van der Waals surface area contributed by atoms with Gasteiger partial charge in [-0.1, -0.05) is 25.5 Å². The first kappa shape index (κ1) is 12.0. The zero-order valence-corrected chi connectivity index (χ0v) is 8.93. The minimum atomic E-state index is 0.257. The third-order valence-corrected chi connectivity index (χ3v) is 1.97. The van der Waals surface area contributed by atoms with Gasteiger partial charge in [0.15, 0.2) is 0 Å². The molecule has 1 N–H and O–H groups in total. The topological polar surface area (TPSA) is 20.2 Å². The molecule has 1 nitrogen and oxygen atoms in total. The Morgan fingerprint density at radius 1 is 1.38 bits per heavy atom. The van der Waals surface area contributed by atoms with E-state index in [1.165, 1.54) is 30.1 Å². The highest BCUT2D eigenvalue weighted by molar-refractivity contribution is 5.28.